The summed E-state index contributed by atoms with van der Waals surface area (Å²) >= 11 is 1.23. The zero-order chi connectivity index (χ0) is 24.9. The van der Waals surface area contributed by atoms with Crippen molar-refractivity contribution in [3.05, 3.63) is 53.7 Å². The third-order valence-corrected chi connectivity index (χ3v) is 7.63. The Morgan fingerprint density at radius 3 is 2.51 bits per heavy atom. The Balaban J connectivity index is 1.58. The van der Waals surface area contributed by atoms with E-state index in [-0.39, 0.29) is 41.9 Å². The Kier molecular flexibility index (Phi) is 7.86. The van der Waals surface area contributed by atoms with Crippen molar-refractivity contribution in [1.29, 1.82) is 5.26 Å². The molecular formula is C27H30N4O3S. The molecule has 0 N–H and O–H groups in total. The Hall–Kier alpha value is -3.18. The van der Waals surface area contributed by atoms with E-state index in [2.05, 4.69) is 11.1 Å². The van der Waals surface area contributed by atoms with Gasteiger partial charge >= 0.3 is 0 Å². The fourth-order valence-corrected chi connectivity index (χ4v) is 5.70. The predicted octanol–water partition coefficient (Wildman–Crippen LogP) is 4.66. The van der Waals surface area contributed by atoms with Crippen LogP contribution in [0.2, 0.25) is 0 Å². The highest BCUT2D eigenvalue weighted by atomic mass is 32.2. The van der Waals surface area contributed by atoms with Crippen molar-refractivity contribution < 1.29 is 14.4 Å². The van der Waals surface area contributed by atoms with E-state index in [1.807, 2.05) is 26.0 Å². The monoisotopic (exact) mass is 490 g/mol. The first kappa shape index (κ1) is 24.9. The normalized spacial score (nSPS) is 18.7. The molecule has 0 bridgehead atoms. The Labute approximate surface area is 210 Å². The van der Waals surface area contributed by atoms with Gasteiger partial charge in [0.2, 0.25) is 11.8 Å². The number of pyridine rings is 1. The maximum atomic E-state index is 13.6. The average molecular weight is 491 g/mol. The van der Waals surface area contributed by atoms with E-state index in [9.17, 15) is 19.6 Å². The summed E-state index contributed by atoms with van der Waals surface area (Å²) in [6.07, 6.45) is 4.74. The number of imide groups is 1. The summed E-state index contributed by atoms with van der Waals surface area (Å²) in [5.74, 6) is -0.567. The number of anilines is 1. The lowest BCUT2D eigenvalue weighted by Gasteiger charge is -2.37. The highest BCUT2D eigenvalue weighted by molar-refractivity contribution is 8.00. The van der Waals surface area contributed by atoms with Crippen LogP contribution in [0.25, 0.3) is 0 Å². The van der Waals surface area contributed by atoms with Crippen LogP contribution in [-0.2, 0) is 14.4 Å². The van der Waals surface area contributed by atoms with Gasteiger partial charge in [-0.1, -0.05) is 63.1 Å². The molecule has 2 fully saturated rings. The summed E-state index contributed by atoms with van der Waals surface area (Å²) in [5.41, 5.74) is 1.82. The van der Waals surface area contributed by atoms with Crippen LogP contribution in [-0.4, -0.2) is 45.4 Å². The lowest BCUT2D eigenvalue weighted by atomic mass is 9.92. The quantitative estimate of drug-likeness (QED) is 0.414. The molecule has 4 rings (SSSR count). The second-order valence-electron chi connectivity index (χ2n) is 9.36. The second-order valence-corrected chi connectivity index (χ2v) is 10.3. The molecular weight excluding hydrogens is 460 g/mol. The lowest BCUT2D eigenvalue weighted by Crippen LogP contribution is -2.52. The second kappa shape index (κ2) is 11.0. The van der Waals surface area contributed by atoms with Crippen molar-refractivity contribution in [3.8, 4) is 6.07 Å². The molecule has 1 aliphatic heterocycles. The van der Waals surface area contributed by atoms with Crippen LogP contribution in [0.4, 0.5) is 5.69 Å². The number of thioether (sulfide) groups is 1. The van der Waals surface area contributed by atoms with Crippen molar-refractivity contribution in [1.82, 2.24) is 9.88 Å². The molecule has 1 atom stereocenters. The third kappa shape index (κ3) is 5.40. The van der Waals surface area contributed by atoms with Gasteiger partial charge < -0.3 is 4.90 Å². The van der Waals surface area contributed by atoms with E-state index in [0.717, 1.165) is 37.8 Å². The first-order valence-corrected chi connectivity index (χ1v) is 13.2. The smallest absolute Gasteiger partial charge is 0.257 e. The number of amides is 3. The van der Waals surface area contributed by atoms with Gasteiger partial charge in [-0.3, -0.25) is 14.4 Å². The molecule has 8 heteroatoms. The Morgan fingerprint density at radius 1 is 1.14 bits per heavy atom. The van der Waals surface area contributed by atoms with E-state index >= 15 is 0 Å². The third-order valence-electron chi connectivity index (χ3n) is 6.66. The van der Waals surface area contributed by atoms with Gasteiger partial charge in [-0.25, -0.2) is 9.88 Å². The topological polar surface area (TPSA) is 94.4 Å². The van der Waals surface area contributed by atoms with Crippen LogP contribution in [0, 0.1) is 11.3 Å². The number of benzene rings is 1. The maximum Gasteiger partial charge on any atom is 0.257 e. The molecule has 1 saturated carbocycles. The minimum Gasteiger partial charge on any atom is -0.326 e. The molecule has 2 heterocycles. The van der Waals surface area contributed by atoms with Gasteiger partial charge in [0.1, 0.15) is 17.1 Å². The summed E-state index contributed by atoms with van der Waals surface area (Å²) in [5, 5.41) is 10.0. The number of hydrogen-bond acceptors (Lipinski definition) is 6. The standard InChI is InChI=1S/C27H30N4O3S/c1-18(2)22-14-13-19(16-28)26(29-22)35-17-25(33)30(20-9-5-3-6-10-20)23-15-24(32)31(27(23)34)21-11-7-4-8-12-21/h4,7-8,11-14,18,20,23H,3,5-6,9-10,15,17H2,1-2H3. The molecule has 1 aliphatic carbocycles. The molecule has 35 heavy (non-hydrogen) atoms. The number of nitriles is 1. The molecule has 0 spiro atoms. The minimum atomic E-state index is -0.802. The van der Waals surface area contributed by atoms with Crippen molar-refractivity contribution in [2.75, 3.05) is 10.7 Å². The van der Waals surface area contributed by atoms with Crippen LogP contribution < -0.4 is 4.90 Å². The molecule has 1 aromatic carbocycles. The zero-order valence-electron chi connectivity index (χ0n) is 20.1. The van der Waals surface area contributed by atoms with Gasteiger partial charge in [-0.15, -0.1) is 0 Å². The maximum absolute atomic E-state index is 13.6. The van der Waals surface area contributed by atoms with Gasteiger partial charge in [-0.2, -0.15) is 5.26 Å². The van der Waals surface area contributed by atoms with Crippen LogP contribution in [0.1, 0.15) is 69.5 Å². The molecule has 2 aromatic rings. The summed E-state index contributed by atoms with van der Waals surface area (Å²) in [6.45, 7) is 4.06. The number of carbonyl (C=O) groups excluding carboxylic acids is 3. The van der Waals surface area contributed by atoms with Crippen molar-refractivity contribution in [3.63, 3.8) is 0 Å². The van der Waals surface area contributed by atoms with E-state index in [1.165, 1.54) is 16.7 Å². The fourth-order valence-electron chi connectivity index (χ4n) is 4.85. The first-order valence-electron chi connectivity index (χ1n) is 12.2. The van der Waals surface area contributed by atoms with Crippen molar-refractivity contribution in [2.24, 2.45) is 0 Å². The number of para-hydroxylation sites is 1. The summed E-state index contributed by atoms with van der Waals surface area (Å²) < 4.78 is 0. The van der Waals surface area contributed by atoms with Gasteiger partial charge in [0, 0.05) is 11.7 Å². The van der Waals surface area contributed by atoms with Gasteiger partial charge in [0.05, 0.1) is 23.4 Å². The molecule has 1 aromatic heterocycles. The zero-order valence-corrected chi connectivity index (χ0v) is 21.0. The minimum absolute atomic E-state index is 0.00877. The van der Waals surface area contributed by atoms with Crippen molar-refractivity contribution >= 4 is 35.2 Å². The highest BCUT2D eigenvalue weighted by Crippen LogP contribution is 2.32. The molecule has 1 saturated heterocycles. The Morgan fingerprint density at radius 2 is 1.86 bits per heavy atom. The number of hydrogen-bond donors (Lipinski definition) is 0. The SMILES string of the molecule is CC(C)c1ccc(C#N)c(SCC(=O)N(C2CCCCC2)C2CC(=O)N(c3ccccc3)C2=O)n1. The highest BCUT2D eigenvalue weighted by Gasteiger charge is 2.46. The largest absolute Gasteiger partial charge is 0.326 e. The number of carbonyl (C=O) groups is 3. The van der Waals surface area contributed by atoms with E-state index in [0.29, 0.717) is 16.3 Å². The van der Waals surface area contributed by atoms with Crippen LogP contribution in [0.15, 0.2) is 47.5 Å². The summed E-state index contributed by atoms with van der Waals surface area (Å²) in [6, 6.07) is 13.7. The number of aromatic nitrogens is 1. The summed E-state index contributed by atoms with van der Waals surface area (Å²) in [7, 11) is 0. The molecule has 182 valence electrons. The van der Waals surface area contributed by atoms with Crippen LogP contribution in [0.3, 0.4) is 0 Å². The average Bonchev–Trinajstić information content (AvgIpc) is 3.16. The lowest BCUT2D eigenvalue weighted by molar-refractivity contribution is -0.139. The summed E-state index contributed by atoms with van der Waals surface area (Å²) in [4.78, 5) is 47.5. The van der Waals surface area contributed by atoms with Gasteiger partial charge in [-0.05, 0) is 43.0 Å². The first-order chi connectivity index (χ1) is 16.9. The molecule has 7 nitrogen and oxygen atoms in total. The van der Waals surface area contributed by atoms with E-state index in [4.69, 9.17) is 0 Å². The number of nitrogens with zero attached hydrogens (tertiary/aromatic N) is 4. The van der Waals surface area contributed by atoms with Crippen LogP contribution >= 0.6 is 11.8 Å². The molecule has 0 radical (unpaired) electrons. The molecule has 2 aliphatic rings. The van der Waals surface area contributed by atoms with E-state index < -0.39 is 6.04 Å². The molecule has 1 unspecified atom stereocenters. The Bertz CT molecular complexity index is 1140. The number of rotatable bonds is 7. The van der Waals surface area contributed by atoms with Gasteiger partial charge in [0.25, 0.3) is 5.91 Å². The van der Waals surface area contributed by atoms with Crippen LogP contribution in [0.5, 0.6) is 0 Å². The fraction of sp³-hybridized carbons (Fsp3) is 0.444. The van der Waals surface area contributed by atoms with Crippen molar-refractivity contribution in [2.45, 2.75) is 75.4 Å². The predicted molar refractivity (Wildman–Crippen MR) is 135 cm³/mol. The van der Waals surface area contributed by atoms with Gasteiger partial charge in [0.15, 0.2) is 0 Å². The van der Waals surface area contributed by atoms with E-state index in [1.54, 1.807) is 35.2 Å². The molecule has 3 amide bonds.